The van der Waals surface area contributed by atoms with Crippen molar-refractivity contribution in [3.63, 3.8) is 0 Å². The second-order valence-corrected chi connectivity index (χ2v) is 11.1. The molecule has 1 aliphatic rings. The molecule has 184 valence electrons. The topological polar surface area (TPSA) is 111 Å². The summed E-state index contributed by atoms with van der Waals surface area (Å²) in [5.74, 6) is 5.59. The van der Waals surface area contributed by atoms with Crippen molar-refractivity contribution in [1.82, 2.24) is 19.8 Å². The van der Waals surface area contributed by atoms with E-state index < -0.39 is 32.4 Å². The number of alkyl halides is 3. The average Bonchev–Trinajstić information content (AvgIpc) is 2.83. The number of fused-ring (bicyclic) bond motifs is 1. The van der Waals surface area contributed by atoms with Crippen LogP contribution in [0, 0.1) is 5.92 Å². The van der Waals surface area contributed by atoms with Crippen molar-refractivity contribution in [3.05, 3.63) is 72.1 Å². The SMILES string of the molecule is CCSc1ccccc1-c1nc(C2(S(=O)(=O)NN)C=CC=CC2C)c2ncc(C(F)(F)F)cc2n1. The van der Waals surface area contributed by atoms with Crippen molar-refractivity contribution < 1.29 is 21.6 Å². The molecular weight excluding hydrogens is 499 g/mol. The first-order valence-electron chi connectivity index (χ1n) is 10.6. The summed E-state index contributed by atoms with van der Waals surface area (Å²) in [5.41, 5.74) is -0.687. The highest BCUT2D eigenvalue weighted by molar-refractivity contribution is 7.99. The van der Waals surface area contributed by atoms with Gasteiger partial charge in [-0.3, -0.25) is 10.8 Å². The van der Waals surface area contributed by atoms with Crippen LogP contribution in [0.1, 0.15) is 25.1 Å². The number of halogens is 3. The molecular formula is C23H22F3N5O2S2. The Labute approximate surface area is 204 Å². The van der Waals surface area contributed by atoms with E-state index in [9.17, 15) is 21.6 Å². The van der Waals surface area contributed by atoms with Gasteiger partial charge in [0.1, 0.15) is 5.52 Å². The third-order valence-electron chi connectivity index (χ3n) is 5.79. The summed E-state index contributed by atoms with van der Waals surface area (Å²) < 4.78 is 65.5. The highest BCUT2D eigenvalue weighted by Gasteiger charge is 2.50. The van der Waals surface area contributed by atoms with E-state index in [0.29, 0.717) is 11.8 Å². The molecule has 3 N–H and O–H groups in total. The van der Waals surface area contributed by atoms with E-state index in [1.807, 2.05) is 23.9 Å². The maximum absolute atomic E-state index is 13.5. The van der Waals surface area contributed by atoms with Crippen molar-refractivity contribution in [3.8, 4) is 11.4 Å². The van der Waals surface area contributed by atoms with Crippen molar-refractivity contribution in [2.75, 3.05) is 5.75 Å². The molecule has 0 fully saturated rings. The van der Waals surface area contributed by atoms with E-state index in [2.05, 4.69) is 15.0 Å². The Kier molecular flexibility index (Phi) is 6.75. The number of pyridine rings is 1. The van der Waals surface area contributed by atoms with Crippen molar-refractivity contribution in [2.24, 2.45) is 11.8 Å². The van der Waals surface area contributed by atoms with Crippen LogP contribution in [0.3, 0.4) is 0 Å². The van der Waals surface area contributed by atoms with Crippen LogP contribution in [-0.4, -0.2) is 29.1 Å². The van der Waals surface area contributed by atoms with Gasteiger partial charge in [-0.2, -0.15) is 18.0 Å². The van der Waals surface area contributed by atoms with E-state index in [4.69, 9.17) is 5.84 Å². The van der Waals surface area contributed by atoms with Gasteiger partial charge in [0, 0.05) is 22.6 Å². The predicted octanol–water partition coefficient (Wildman–Crippen LogP) is 4.57. The molecule has 0 saturated carbocycles. The second-order valence-electron chi connectivity index (χ2n) is 7.86. The van der Waals surface area contributed by atoms with E-state index in [0.717, 1.165) is 16.7 Å². The zero-order valence-corrected chi connectivity index (χ0v) is 20.4. The normalized spacial score (nSPS) is 20.5. The summed E-state index contributed by atoms with van der Waals surface area (Å²) in [4.78, 5) is 15.7. The third-order valence-corrected chi connectivity index (χ3v) is 8.65. The molecule has 0 aliphatic heterocycles. The van der Waals surface area contributed by atoms with Crippen molar-refractivity contribution in [1.29, 1.82) is 0 Å². The Balaban J connectivity index is 2.14. The second kappa shape index (κ2) is 9.34. The number of sulfonamides is 1. The lowest BCUT2D eigenvalue weighted by Crippen LogP contribution is -2.50. The molecule has 7 nitrogen and oxygen atoms in total. The quantitative estimate of drug-likeness (QED) is 0.278. The van der Waals surface area contributed by atoms with Gasteiger partial charge >= 0.3 is 6.18 Å². The van der Waals surface area contributed by atoms with E-state index in [1.54, 1.807) is 31.2 Å². The van der Waals surface area contributed by atoms with Crippen LogP contribution < -0.4 is 10.7 Å². The molecule has 1 aliphatic carbocycles. The van der Waals surface area contributed by atoms with Gasteiger partial charge < -0.3 is 0 Å². The van der Waals surface area contributed by atoms with Crippen LogP contribution in [0.25, 0.3) is 22.4 Å². The summed E-state index contributed by atoms with van der Waals surface area (Å²) in [5, 5.41) is 0. The fraction of sp³-hybridized carbons (Fsp3) is 0.261. The van der Waals surface area contributed by atoms with Crippen LogP contribution >= 0.6 is 11.8 Å². The number of allylic oxidation sites excluding steroid dienone is 3. The molecule has 0 amide bonds. The molecule has 0 radical (unpaired) electrons. The number of hydrogen-bond donors (Lipinski definition) is 2. The summed E-state index contributed by atoms with van der Waals surface area (Å²) in [6, 6.07) is 8.03. The van der Waals surface area contributed by atoms with Crippen LogP contribution in [0.4, 0.5) is 13.2 Å². The van der Waals surface area contributed by atoms with E-state index in [-0.39, 0.29) is 22.6 Å². The molecule has 2 heterocycles. The molecule has 1 aromatic carbocycles. The zero-order valence-electron chi connectivity index (χ0n) is 18.7. The Hall–Kier alpha value is -2.80. The minimum Gasteiger partial charge on any atom is -0.258 e. The summed E-state index contributed by atoms with van der Waals surface area (Å²) in [6.45, 7) is 3.62. The van der Waals surface area contributed by atoms with Gasteiger partial charge in [0.05, 0.1) is 16.8 Å². The minimum absolute atomic E-state index is 0.0615. The number of nitrogens with one attached hydrogen (secondary N) is 1. The molecule has 0 bridgehead atoms. The molecule has 2 unspecified atom stereocenters. The number of hydrazine groups is 1. The Bertz CT molecular complexity index is 1440. The average molecular weight is 522 g/mol. The number of thioether (sulfide) groups is 1. The number of hydrogen-bond acceptors (Lipinski definition) is 7. The maximum atomic E-state index is 13.5. The van der Waals surface area contributed by atoms with Gasteiger partial charge in [-0.05, 0) is 17.9 Å². The van der Waals surface area contributed by atoms with Crippen molar-refractivity contribution >= 4 is 32.8 Å². The largest absolute Gasteiger partial charge is 0.417 e. The van der Waals surface area contributed by atoms with E-state index in [1.165, 1.54) is 23.9 Å². The molecule has 2 atom stereocenters. The number of aromatic nitrogens is 3. The maximum Gasteiger partial charge on any atom is 0.417 e. The van der Waals surface area contributed by atoms with Crippen LogP contribution in [0.2, 0.25) is 0 Å². The number of nitrogens with zero attached hydrogens (tertiary/aromatic N) is 3. The fourth-order valence-corrected chi connectivity index (χ4v) is 6.30. The van der Waals surface area contributed by atoms with E-state index >= 15 is 0 Å². The highest BCUT2D eigenvalue weighted by Crippen LogP contribution is 2.44. The van der Waals surface area contributed by atoms with Crippen LogP contribution in [0.5, 0.6) is 0 Å². The lowest BCUT2D eigenvalue weighted by molar-refractivity contribution is -0.137. The summed E-state index contributed by atoms with van der Waals surface area (Å²) in [6.07, 6.45) is 2.29. The molecule has 35 heavy (non-hydrogen) atoms. The summed E-state index contributed by atoms with van der Waals surface area (Å²) in [7, 11) is -4.30. The van der Waals surface area contributed by atoms with Gasteiger partial charge in [0.2, 0.25) is 10.0 Å². The van der Waals surface area contributed by atoms with Gasteiger partial charge in [-0.1, -0.05) is 56.4 Å². The molecule has 12 heteroatoms. The summed E-state index contributed by atoms with van der Waals surface area (Å²) >= 11 is 1.51. The molecule has 0 saturated heterocycles. The standard InChI is InChI=1S/C23H22F3N5O2S2/c1-3-34-18-10-5-4-9-16(18)21-29-17-12-15(23(24,25)26)13-28-19(17)20(30-21)22(35(32,33)31-27)11-7-6-8-14(22)2/h4-14,31H,3,27H2,1-2H3. The van der Waals surface area contributed by atoms with Gasteiger partial charge in [0.25, 0.3) is 0 Å². The van der Waals surface area contributed by atoms with Gasteiger partial charge in [-0.25, -0.2) is 18.4 Å². The number of benzene rings is 1. The zero-order chi connectivity index (χ0) is 25.4. The highest BCUT2D eigenvalue weighted by atomic mass is 32.2. The van der Waals surface area contributed by atoms with Crippen LogP contribution in [-0.2, 0) is 20.9 Å². The number of nitrogens with two attached hydrogens (primary N) is 1. The Morgan fingerprint density at radius 1 is 1.20 bits per heavy atom. The molecule has 4 rings (SSSR count). The first-order valence-corrected chi connectivity index (χ1v) is 13.1. The lowest BCUT2D eigenvalue weighted by atomic mass is 9.85. The number of rotatable bonds is 6. The molecule has 3 aromatic rings. The third kappa shape index (κ3) is 4.35. The fourth-order valence-electron chi connectivity index (χ4n) is 4.08. The Morgan fingerprint density at radius 3 is 2.60 bits per heavy atom. The monoisotopic (exact) mass is 521 g/mol. The molecule has 2 aromatic heterocycles. The Morgan fingerprint density at radius 2 is 1.94 bits per heavy atom. The minimum atomic E-state index is -4.66. The lowest BCUT2D eigenvalue weighted by Gasteiger charge is -2.35. The first-order chi connectivity index (χ1) is 16.5. The molecule has 0 spiro atoms. The smallest absolute Gasteiger partial charge is 0.258 e. The van der Waals surface area contributed by atoms with Gasteiger partial charge in [0.15, 0.2) is 10.6 Å². The van der Waals surface area contributed by atoms with Crippen LogP contribution in [0.15, 0.2) is 65.7 Å². The van der Waals surface area contributed by atoms with Gasteiger partial charge in [-0.15, -0.1) is 11.8 Å². The predicted molar refractivity (Wildman–Crippen MR) is 130 cm³/mol. The first kappa shape index (κ1) is 25.3. The van der Waals surface area contributed by atoms with Crippen molar-refractivity contribution in [2.45, 2.75) is 29.7 Å².